The van der Waals surface area contributed by atoms with Gasteiger partial charge in [-0.25, -0.2) is 4.79 Å². The highest BCUT2D eigenvalue weighted by Gasteiger charge is 2.67. The molecule has 10 heteroatoms. The van der Waals surface area contributed by atoms with E-state index in [1.54, 1.807) is 13.0 Å². The number of nitro groups is 1. The highest BCUT2D eigenvalue weighted by molar-refractivity contribution is 6.09. The highest BCUT2D eigenvalue weighted by atomic mass is 16.7. The second-order valence-electron chi connectivity index (χ2n) is 9.47. The molecule has 0 radical (unpaired) electrons. The van der Waals surface area contributed by atoms with Crippen LogP contribution in [0.4, 0.5) is 10.5 Å². The number of nitro benzene ring substituents is 1. The number of carbonyl (C=O) groups excluding carboxylic acids is 3. The Labute approximate surface area is 195 Å². The number of Topliss-reactive ketones (excluding diaryl/α,β-unsaturated/α-hetero) is 1. The summed E-state index contributed by atoms with van der Waals surface area (Å²) in [6.07, 6.45) is 0.733. The SMILES string of the molecule is CC(=O)OCC1(C)C=C2C(=O)[C@](C)(O)C3(CC3)C(C)=C2[C@H]1OC(=O)Oc1ccc([N+](=O)[O-])cc1. The van der Waals surface area contributed by atoms with Crippen LogP contribution in [0.3, 0.4) is 0 Å². The van der Waals surface area contributed by atoms with Gasteiger partial charge < -0.3 is 19.3 Å². The first kappa shape index (κ1) is 23.6. The summed E-state index contributed by atoms with van der Waals surface area (Å²) >= 11 is 0. The molecule has 0 aromatic heterocycles. The van der Waals surface area contributed by atoms with Crippen molar-refractivity contribution < 1.29 is 38.6 Å². The van der Waals surface area contributed by atoms with E-state index in [0.717, 1.165) is 5.57 Å². The number of carbonyl (C=O) groups is 3. The number of benzene rings is 1. The number of aliphatic hydroxyl groups is 1. The summed E-state index contributed by atoms with van der Waals surface area (Å²) in [4.78, 5) is 47.7. The second kappa shape index (κ2) is 7.76. The fourth-order valence-corrected chi connectivity index (χ4v) is 5.05. The lowest BCUT2D eigenvalue weighted by Gasteiger charge is -2.40. The molecule has 0 saturated heterocycles. The van der Waals surface area contributed by atoms with Crippen molar-refractivity contribution in [3.63, 3.8) is 0 Å². The Hall–Kier alpha value is -3.53. The molecular formula is C24H25NO9. The van der Waals surface area contributed by atoms with Crippen LogP contribution in [0, 0.1) is 20.9 Å². The number of ether oxygens (including phenoxy) is 3. The van der Waals surface area contributed by atoms with Gasteiger partial charge in [0.15, 0.2) is 5.78 Å². The summed E-state index contributed by atoms with van der Waals surface area (Å²) < 4.78 is 16.1. The summed E-state index contributed by atoms with van der Waals surface area (Å²) in [7, 11) is 0. The van der Waals surface area contributed by atoms with Gasteiger partial charge in [-0.05, 0) is 45.7 Å². The molecule has 4 rings (SSSR count). The molecule has 1 aromatic rings. The van der Waals surface area contributed by atoms with Gasteiger partial charge in [0.1, 0.15) is 24.1 Å². The number of rotatable bonds is 5. The fourth-order valence-electron chi connectivity index (χ4n) is 5.05. The molecule has 3 aliphatic carbocycles. The molecule has 1 N–H and O–H groups in total. The molecule has 1 unspecified atom stereocenters. The molecule has 1 saturated carbocycles. The molecule has 0 bridgehead atoms. The first-order valence-corrected chi connectivity index (χ1v) is 10.8. The van der Waals surface area contributed by atoms with E-state index in [1.807, 2.05) is 6.92 Å². The number of nitrogens with zero attached hydrogens (tertiary/aromatic N) is 1. The number of ketones is 1. The van der Waals surface area contributed by atoms with Gasteiger partial charge >= 0.3 is 12.1 Å². The van der Waals surface area contributed by atoms with Crippen molar-refractivity contribution in [2.75, 3.05) is 6.61 Å². The van der Waals surface area contributed by atoms with Crippen molar-refractivity contribution >= 4 is 23.6 Å². The smallest absolute Gasteiger partial charge is 0.465 e. The fraction of sp³-hybridized carbons (Fsp3) is 0.458. The van der Waals surface area contributed by atoms with Gasteiger partial charge in [-0.2, -0.15) is 0 Å². The molecule has 0 aliphatic heterocycles. The van der Waals surface area contributed by atoms with Crippen molar-refractivity contribution in [2.45, 2.75) is 52.2 Å². The van der Waals surface area contributed by atoms with Gasteiger partial charge in [-0.15, -0.1) is 0 Å². The minimum Gasteiger partial charge on any atom is -0.465 e. The maximum absolute atomic E-state index is 13.3. The number of hydrogen-bond donors (Lipinski definition) is 1. The predicted molar refractivity (Wildman–Crippen MR) is 117 cm³/mol. The zero-order valence-corrected chi connectivity index (χ0v) is 19.2. The summed E-state index contributed by atoms with van der Waals surface area (Å²) in [6, 6.07) is 4.91. The Morgan fingerprint density at radius 3 is 2.35 bits per heavy atom. The van der Waals surface area contributed by atoms with Gasteiger partial charge in [0.05, 0.1) is 10.3 Å². The molecule has 3 atom stereocenters. The van der Waals surface area contributed by atoms with Gasteiger partial charge in [0, 0.05) is 35.6 Å². The lowest BCUT2D eigenvalue weighted by Crippen LogP contribution is -2.50. The van der Waals surface area contributed by atoms with Crippen LogP contribution >= 0.6 is 0 Å². The van der Waals surface area contributed by atoms with Crippen LogP contribution in [0.15, 0.2) is 47.1 Å². The third-order valence-electron chi connectivity index (χ3n) is 7.17. The molecule has 0 heterocycles. The van der Waals surface area contributed by atoms with Crippen molar-refractivity contribution in [1.82, 2.24) is 0 Å². The standard InChI is InChI=1S/C24H25NO9/c1-13-18-17(19(27)23(4,29)24(13)9-10-24)11-22(3,12-32-14(2)26)20(18)34-21(28)33-16-7-5-15(6-8-16)25(30)31/h5-8,11,20,29H,9-10,12H2,1-4H3/t20-,22?,23+/m1/s1. The summed E-state index contributed by atoms with van der Waals surface area (Å²) in [6.45, 7) is 6.08. The van der Waals surface area contributed by atoms with E-state index in [0.29, 0.717) is 18.4 Å². The Balaban J connectivity index is 1.67. The average molecular weight is 471 g/mol. The molecule has 34 heavy (non-hydrogen) atoms. The van der Waals surface area contributed by atoms with Crippen LogP contribution in [0.1, 0.15) is 40.5 Å². The average Bonchev–Trinajstić information content (AvgIpc) is 3.53. The van der Waals surface area contributed by atoms with Gasteiger partial charge in [-0.1, -0.05) is 11.6 Å². The van der Waals surface area contributed by atoms with Crippen LogP contribution in [-0.4, -0.2) is 46.2 Å². The van der Waals surface area contributed by atoms with Crippen LogP contribution in [0.25, 0.3) is 0 Å². The topological polar surface area (TPSA) is 142 Å². The summed E-state index contributed by atoms with van der Waals surface area (Å²) in [5.41, 5.74) is -2.09. The van der Waals surface area contributed by atoms with Gasteiger partial charge in [0.25, 0.3) is 5.69 Å². The first-order chi connectivity index (χ1) is 15.8. The van der Waals surface area contributed by atoms with Crippen LogP contribution in [-0.2, 0) is 19.1 Å². The molecule has 1 spiro atoms. The minimum absolute atomic E-state index is 0.0375. The summed E-state index contributed by atoms with van der Waals surface area (Å²) in [5, 5.41) is 21.9. The van der Waals surface area contributed by atoms with Crippen LogP contribution in [0.2, 0.25) is 0 Å². The third-order valence-corrected chi connectivity index (χ3v) is 7.17. The van der Waals surface area contributed by atoms with E-state index in [9.17, 15) is 29.6 Å². The van der Waals surface area contributed by atoms with Crippen molar-refractivity contribution in [2.24, 2.45) is 10.8 Å². The van der Waals surface area contributed by atoms with E-state index in [1.165, 1.54) is 38.1 Å². The molecular weight excluding hydrogens is 446 g/mol. The van der Waals surface area contributed by atoms with E-state index in [4.69, 9.17) is 14.2 Å². The maximum Gasteiger partial charge on any atom is 0.514 e. The molecule has 3 aliphatic rings. The molecule has 1 fully saturated rings. The van der Waals surface area contributed by atoms with E-state index < -0.39 is 45.4 Å². The minimum atomic E-state index is -1.59. The lowest BCUT2D eigenvalue weighted by atomic mass is 9.67. The van der Waals surface area contributed by atoms with Crippen molar-refractivity contribution in [3.8, 4) is 5.75 Å². The quantitative estimate of drug-likeness (QED) is 0.296. The normalized spacial score (nSPS) is 28.8. The van der Waals surface area contributed by atoms with Gasteiger partial charge in [0.2, 0.25) is 0 Å². The molecule has 10 nitrogen and oxygen atoms in total. The maximum atomic E-state index is 13.3. The zero-order valence-electron chi connectivity index (χ0n) is 19.2. The zero-order chi connectivity index (χ0) is 25.1. The Bertz CT molecular complexity index is 1160. The molecule has 0 amide bonds. The number of hydrogen-bond acceptors (Lipinski definition) is 9. The Kier molecular flexibility index (Phi) is 5.39. The van der Waals surface area contributed by atoms with Crippen LogP contribution in [0.5, 0.6) is 5.75 Å². The van der Waals surface area contributed by atoms with Crippen LogP contribution < -0.4 is 4.74 Å². The molecule has 1 aromatic carbocycles. The Morgan fingerprint density at radius 2 is 1.82 bits per heavy atom. The molecule has 180 valence electrons. The second-order valence-corrected chi connectivity index (χ2v) is 9.47. The number of fused-ring (bicyclic) bond motifs is 1. The summed E-state index contributed by atoms with van der Waals surface area (Å²) in [5.74, 6) is -0.964. The monoisotopic (exact) mass is 471 g/mol. The third kappa shape index (κ3) is 3.58. The highest BCUT2D eigenvalue weighted by Crippen LogP contribution is 2.65. The van der Waals surface area contributed by atoms with Gasteiger partial charge in [-0.3, -0.25) is 19.7 Å². The predicted octanol–water partition coefficient (Wildman–Crippen LogP) is 3.42. The van der Waals surface area contributed by atoms with E-state index in [-0.39, 0.29) is 23.6 Å². The lowest BCUT2D eigenvalue weighted by molar-refractivity contribution is -0.384. The van der Waals surface area contributed by atoms with E-state index in [2.05, 4.69) is 0 Å². The number of non-ortho nitro benzene ring substituents is 1. The largest absolute Gasteiger partial charge is 0.514 e. The first-order valence-electron chi connectivity index (χ1n) is 10.8. The number of esters is 1. The Morgan fingerprint density at radius 1 is 1.21 bits per heavy atom. The van der Waals surface area contributed by atoms with E-state index >= 15 is 0 Å². The van der Waals surface area contributed by atoms with Crippen molar-refractivity contribution in [1.29, 1.82) is 0 Å². The van der Waals surface area contributed by atoms with Crippen molar-refractivity contribution in [3.05, 3.63) is 57.2 Å².